The highest BCUT2D eigenvalue weighted by Gasteiger charge is 2.25. The zero-order valence-corrected chi connectivity index (χ0v) is 13.1. The fourth-order valence-corrected chi connectivity index (χ4v) is 3.26. The number of piperidine rings is 1. The Morgan fingerprint density at radius 1 is 1.25 bits per heavy atom. The lowest BCUT2D eigenvalue weighted by molar-refractivity contribution is 0.0682. The predicted octanol–water partition coefficient (Wildman–Crippen LogP) is 0.771. The fourth-order valence-electron chi connectivity index (χ4n) is 3.26. The van der Waals surface area contributed by atoms with Gasteiger partial charge in [-0.25, -0.2) is 14.3 Å². The number of amides is 1. The van der Waals surface area contributed by atoms with Gasteiger partial charge in [0.2, 0.25) is 0 Å². The molecule has 0 spiro atoms. The van der Waals surface area contributed by atoms with Crippen LogP contribution >= 0.6 is 0 Å². The van der Waals surface area contributed by atoms with Gasteiger partial charge in [0.25, 0.3) is 5.91 Å². The zero-order chi connectivity index (χ0) is 16.5. The van der Waals surface area contributed by atoms with Gasteiger partial charge in [0, 0.05) is 38.2 Å². The van der Waals surface area contributed by atoms with Crippen LogP contribution in [0.2, 0.25) is 0 Å². The van der Waals surface area contributed by atoms with Crippen LogP contribution in [-0.4, -0.2) is 48.3 Å². The lowest BCUT2D eigenvalue weighted by Gasteiger charge is -2.32. The Hall–Kier alpha value is -2.90. The first kappa shape index (κ1) is 14.7. The highest BCUT2D eigenvalue weighted by Crippen LogP contribution is 2.21. The van der Waals surface area contributed by atoms with Crippen LogP contribution < -0.4 is 5.69 Å². The molecule has 3 aromatic rings. The van der Waals surface area contributed by atoms with Crippen LogP contribution in [0.3, 0.4) is 0 Å². The highest BCUT2D eigenvalue weighted by atomic mass is 16.2. The second kappa shape index (κ2) is 5.95. The molecule has 0 aromatic carbocycles. The Labute approximate surface area is 137 Å². The minimum absolute atomic E-state index is 0.0721. The summed E-state index contributed by atoms with van der Waals surface area (Å²) in [4.78, 5) is 26.3. The van der Waals surface area contributed by atoms with Gasteiger partial charge in [-0.15, -0.1) is 0 Å². The molecule has 3 aromatic heterocycles. The molecule has 1 aliphatic heterocycles. The number of carbonyl (C=O) groups is 1. The molecule has 1 fully saturated rings. The van der Waals surface area contributed by atoms with E-state index in [0.29, 0.717) is 30.2 Å². The third kappa shape index (κ3) is 2.60. The number of H-pyrrole nitrogens is 1. The maximum Gasteiger partial charge on any atom is 0.347 e. The number of carbonyl (C=O) groups excluding carboxylic acids is 1. The van der Waals surface area contributed by atoms with Gasteiger partial charge in [-0.1, -0.05) is 0 Å². The standard InChI is InChI=1S/C16H18N6O2/c23-15(13-3-1-8-22-14(13)18-19-16(22)24)20-9-4-12(5-10-20)11-21-7-2-6-17-21/h1-3,6-8,12H,4-5,9-11H2,(H,19,24). The summed E-state index contributed by atoms with van der Waals surface area (Å²) >= 11 is 0. The molecule has 0 unspecified atom stereocenters. The van der Waals surface area contributed by atoms with E-state index in [9.17, 15) is 9.59 Å². The average Bonchev–Trinajstić information content (AvgIpc) is 3.25. The number of nitrogens with zero attached hydrogens (tertiary/aromatic N) is 5. The van der Waals surface area contributed by atoms with Gasteiger partial charge >= 0.3 is 5.69 Å². The molecule has 0 radical (unpaired) electrons. The van der Waals surface area contributed by atoms with Crippen molar-refractivity contribution in [3.05, 3.63) is 52.8 Å². The molecular formula is C16H18N6O2. The molecule has 4 heterocycles. The normalized spacial score (nSPS) is 15.9. The van der Waals surface area contributed by atoms with Gasteiger partial charge in [-0.2, -0.15) is 10.2 Å². The molecule has 0 bridgehead atoms. The number of hydrogen-bond donors (Lipinski definition) is 1. The van der Waals surface area contributed by atoms with Crippen LogP contribution in [0.15, 0.2) is 41.6 Å². The zero-order valence-electron chi connectivity index (χ0n) is 13.1. The van der Waals surface area contributed by atoms with E-state index >= 15 is 0 Å². The van der Waals surface area contributed by atoms with E-state index < -0.39 is 0 Å². The smallest absolute Gasteiger partial charge is 0.339 e. The van der Waals surface area contributed by atoms with Gasteiger partial charge in [-0.05, 0) is 37.0 Å². The Kier molecular flexibility index (Phi) is 3.64. The van der Waals surface area contributed by atoms with Gasteiger partial charge < -0.3 is 4.90 Å². The molecule has 24 heavy (non-hydrogen) atoms. The van der Waals surface area contributed by atoms with Crippen LogP contribution in [0.25, 0.3) is 5.65 Å². The second-order valence-electron chi connectivity index (χ2n) is 6.11. The molecule has 1 amide bonds. The quantitative estimate of drug-likeness (QED) is 0.770. The van der Waals surface area contributed by atoms with Crippen LogP contribution in [-0.2, 0) is 6.54 Å². The lowest BCUT2D eigenvalue weighted by Crippen LogP contribution is -2.39. The topological polar surface area (TPSA) is 88.3 Å². The number of rotatable bonds is 3. The van der Waals surface area contributed by atoms with Gasteiger partial charge in [0.05, 0.1) is 5.56 Å². The molecular weight excluding hydrogens is 308 g/mol. The summed E-state index contributed by atoms with van der Waals surface area (Å²) in [5.74, 6) is 0.454. The number of fused-ring (bicyclic) bond motifs is 1. The van der Waals surface area contributed by atoms with Crippen LogP contribution in [0.1, 0.15) is 23.2 Å². The third-order valence-electron chi connectivity index (χ3n) is 4.58. The summed E-state index contributed by atoms with van der Waals surface area (Å²) < 4.78 is 3.30. The van der Waals surface area contributed by atoms with E-state index in [1.54, 1.807) is 24.5 Å². The van der Waals surface area contributed by atoms with E-state index in [4.69, 9.17) is 0 Å². The molecule has 1 N–H and O–H groups in total. The van der Waals surface area contributed by atoms with E-state index in [-0.39, 0.29) is 11.6 Å². The van der Waals surface area contributed by atoms with Crippen LogP contribution in [0.5, 0.6) is 0 Å². The predicted molar refractivity (Wildman–Crippen MR) is 86.7 cm³/mol. The van der Waals surface area contributed by atoms with E-state index in [2.05, 4.69) is 15.3 Å². The van der Waals surface area contributed by atoms with Crippen molar-refractivity contribution in [2.75, 3.05) is 13.1 Å². The van der Waals surface area contributed by atoms with Crippen molar-refractivity contribution < 1.29 is 4.79 Å². The molecule has 124 valence electrons. The van der Waals surface area contributed by atoms with Gasteiger partial charge in [0.1, 0.15) is 0 Å². The molecule has 1 aliphatic rings. The van der Waals surface area contributed by atoms with Crippen molar-refractivity contribution in [2.24, 2.45) is 5.92 Å². The Morgan fingerprint density at radius 3 is 2.83 bits per heavy atom. The number of nitrogens with one attached hydrogen (secondary N) is 1. The fraction of sp³-hybridized carbons (Fsp3) is 0.375. The first-order valence-electron chi connectivity index (χ1n) is 8.05. The minimum Gasteiger partial charge on any atom is -0.339 e. The van der Waals surface area contributed by atoms with Crippen molar-refractivity contribution in [1.82, 2.24) is 29.3 Å². The summed E-state index contributed by atoms with van der Waals surface area (Å²) in [6.07, 6.45) is 7.25. The van der Waals surface area contributed by atoms with Crippen molar-refractivity contribution >= 4 is 11.6 Å². The van der Waals surface area contributed by atoms with Crippen molar-refractivity contribution in [2.45, 2.75) is 19.4 Å². The van der Waals surface area contributed by atoms with E-state index in [0.717, 1.165) is 19.4 Å². The number of pyridine rings is 1. The third-order valence-corrected chi connectivity index (χ3v) is 4.58. The molecule has 0 aliphatic carbocycles. The van der Waals surface area contributed by atoms with Gasteiger partial charge in [0.15, 0.2) is 5.65 Å². The molecule has 1 saturated heterocycles. The summed E-state index contributed by atoms with van der Waals surface area (Å²) in [5, 5.41) is 10.6. The van der Waals surface area contributed by atoms with Crippen LogP contribution in [0, 0.1) is 5.92 Å². The number of aromatic nitrogens is 5. The molecule has 8 heteroatoms. The maximum atomic E-state index is 12.8. The van der Waals surface area contributed by atoms with Crippen molar-refractivity contribution in [1.29, 1.82) is 0 Å². The Bertz CT molecular complexity index is 902. The van der Waals surface area contributed by atoms with Crippen LogP contribution in [0.4, 0.5) is 0 Å². The van der Waals surface area contributed by atoms with E-state index in [1.165, 1.54) is 4.40 Å². The largest absolute Gasteiger partial charge is 0.347 e. The second-order valence-corrected chi connectivity index (χ2v) is 6.11. The molecule has 4 rings (SSSR count). The first-order valence-corrected chi connectivity index (χ1v) is 8.05. The average molecular weight is 326 g/mol. The Morgan fingerprint density at radius 2 is 2.08 bits per heavy atom. The SMILES string of the molecule is O=C(c1cccn2c(=O)[nH]nc12)N1CCC(Cn2cccn2)CC1. The number of hydrogen-bond acceptors (Lipinski definition) is 4. The maximum absolute atomic E-state index is 12.8. The lowest BCUT2D eigenvalue weighted by atomic mass is 9.96. The minimum atomic E-state index is -0.336. The van der Waals surface area contributed by atoms with Gasteiger partial charge in [-0.3, -0.25) is 9.48 Å². The highest BCUT2D eigenvalue weighted by molar-refractivity contribution is 5.99. The summed E-state index contributed by atoms with van der Waals surface area (Å²) in [6, 6.07) is 5.33. The summed E-state index contributed by atoms with van der Waals surface area (Å²) in [7, 11) is 0. The molecule has 8 nitrogen and oxygen atoms in total. The van der Waals surface area contributed by atoms with Crippen molar-refractivity contribution in [3.8, 4) is 0 Å². The van der Waals surface area contributed by atoms with E-state index in [1.807, 2.05) is 21.8 Å². The van der Waals surface area contributed by atoms with Crippen molar-refractivity contribution in [3.63, 3.8) is 0 Å². The number of likely N-dealkylation sites (tertiary alicyclic amines) is 1. The Balaban J connectivity index is 1.47. The molecule has 0 saturated carbocycles. The first-order chi connectivity index (χ1) is 11.7. The summed E-state index contributed by atoms with van der Waals surface area (Å²) in [6.45, 7) is 2.31. The molecule has 0 atom stereocenters. The summed E-state index contributed by atoms with van der Waals surface area (Å²) in [5.41, 5.74) is 0.505. The number of aromatic amines is 1. The monoisotopic (exact) mass is 326 g/mol.